The van der Waals surface area contributed by atoms with E-state index in [-0.39, 0.29) is 6.79 Å². The molecule has 3 aromatic rings. The van der Waals surface area contributed by atoms with E-state index in [0.717, 1.165) is 55.0 Å². The topological polar surface area (TPSA) is 65.7 Å². The molecule has 5 nitrogen and oxygen atoms in total. The zero-order valence-electron chi connectivity index (χ0n) is 18.7. The van der Waals surface area contributed by atoms with Gasteiger partial charge < -0.3 is 25.3 Å². The van der Waals surface area contributed by atoms with Crippen molar-refractivity contribution in [2.24, 2.45) is 5.73 Å². The van der Waals surface area contributed by atoms with Gasteiger partial charge in [-0.2, -0.15) is 0 Å². The maximum Gasteiger partial charge on any atom is 0.230 e. The molecule has 0 spiro atoms. The van der Waals surface area contributed by atoms with E-state index in [0.29, 0.717) is 12.6 Å². The van der Waals surface area contributed by atoms with Crippen LogP contribution in [0.4, 0.5) is 0 Å². The molecule has 1 atom stereocenters. The zero-order valence-corrected chi connectivity index (χ0v) is 18.7. The summed E-state index contributed by atoms with van der Waals surface area (Å²) in [7, 11) is 1.71. The highest BCUT2D eigenvalue weighted by Crippen LogP contribution is 2.33. The summed E-state index contributed by atoms with van der Waals surface area (Å²) in [6.07, 6.45) is 3.94. The highest BCUT2D eigenvalue weighted by molar-refractivity contribution is 5.41. The summed E-state index contributed by atoms with van der Waals surface area (Å²) < 4.78 is 17.0. The molecule has 1 aliphatic carbocycles. The summed E-state index contributed by atoms with van der Waals surface area (Å²) in [5.41, 5.74) is 10.8. The lowest BCUT2D eigenvalue weighted by Gasteiger charge is -2.15. The first-order chi connectivity index (χ1) is 15.8. The Kier molecular flexibility index (Phi) is 7.64. The van der Waals surface area contributed by atoms with E-state index in [9.17, 15) is 0 Å². The Bertz CT molecular complexity index is 1020. The van der Waals surface area contributed by atoms with Crippen molar-refractivity contribution in [1.82, 2.24) is 5.32 Å². The maximum absolute atomic E-state index is 5.88. The summed E-state index contributed by atoms with van der Waals surface area (Å²) in [4.78, 5) is 0. The Morgan fingerprint density at radius 3 is 2.72 bits per heavy atom. The average molecular weight is 433 g/mol. The van der Waals surface area contributed by atoms with Crippen LogP contribution in [0.15, 0.2) is 66.7 Å². The molecular weight excluding hydrogens is 400 g/mol. The first-order valence-corrected chi connectivity index (χ1v) is 11.3. The monoisotopic (exact) mass is 432 g/mol. The second-order valence-corrected chi connectivity index (χ2v) is 8.06. The largest absolute Gasteiger partial charge is 0.497 e. The van der Waals surface area contributed by atoms with Gasteiger partial charge in [0.25, 0.3) is 0 Å². The second-order valence-electron chi connectivity index (χ2n) is 8.06. The molecule has 0 fully saturated rings. The normalized spacial score (nSPS) is 14.8. The van der Waals surface area contributed by atoms with Crippen molar-refractivity contribution in [3.8, 4) is 17.2 Å². The minimum absolute atomic E-state index is 0.183. The third-order valence-corrected chi connectivity index (χ3v) is 5.96. The van der Waals surface area contributed by atoms with Crippen molar-refractivity contribution in [3.63, 3.8) is 0 Å². The van der Waals surface area contributed by atoms with Crippen molar-refractivity contribution in [2.75, 3.05) is 27.0 Å². The van der Waals surface area contributed by atoms with Gasteiger partial charge in [-0.15, -0.1) is 0 Å². The minimum atomic E-state index is 0.183. The summed E-state index contributed by atoms with van der Waals surface area (Å²) in [5, 5.41) is 3.71. The first-order valence-electron chi connectivity index (χ1n) is 11.3. The van der Waals surface area contributed by atoms with Gasteiger partial charge in [0.15, 0.2) is 0 Å². The molecule has 0 bridgehead atoms. The Balaban J connectivity index is 1.28. The number of rotatable bonds is 11. The number of para-hydroxylation sites is 1. The van der Waals surface area contributed by atoms with Crippen LogP contribution in [-0.2, 0) is 19.3 Å². The van der Waals surface area contributed by atoms with Gasteiger partial charge in [0.1, 0.15) is 17.2 Å². The molecule has 0 aliphatic heterocycles. The van der Waals surface area contributed by atoms with Crippen LogP contribution in [0.1, 0.15) is 34.7 Å². The number of nitrogens with two attached hydrogens (primary N) is 1. The zero-order chi connectivity index (χ0) is 22.2. The fraction of sp³-hybridized carbons (Fsp3) is 0.333. The highest BCUT2D eigenvalue weighted by atomic mass is 16.7. The van der Waals surface area contributed by atoms with E-state index in [1.807, 2.05) is 42.5 Å². The lowest BCUT2D eigenvalue weighted by Crippen LogP contribution is -2.21. The van der Waals surface area contributed by atoms with Crippen LogP contribution in [0.2, 0.25) is 0 Å². The second kappa shape index (κ2) is 11.0. The smallest absolute Gasteiger partial charge is 0.230 e. The lowest BCUT2D eigenvalue weighted by molar-refractivity contribution is 0.118. The standard InChI is InChI=1S/C27H32N2O3/c1-30-23-7-4-5-20(17-23)14-16-29-26-12-9-22-18-24(10-11-25(22)26)31-19-32-27-8-3-2-6-21(27)13-15-28/h2-8,10-11,17-18,26,29H,9,12-16,19,28H2,1H3. The molecule has 5 heteroatoms. The summed E-state index contributed by atoms with van der Waals surface area (Å²) >= 11 is 0. The fourth-order valence-corrected chi connectivity index (χ4v) is 4.28. The average Bonchev–Trinajstić information content (AvgIpc) is 3.23. The Morgan fingerprint density at radius 1 is 0.938 bits per heavy atom. The highest BCUT2D eigenvalue weighted by Gasteiger charge is 2.22. The molecule has 168 valence electrons. The van der Waals surface area contributed by atoms with Crippen molar-refractivity contribution < 1.29 is 14.2 Å². The van der Waals surface area contributed by atoms with E-state index < -0.39 is 0 Å². The van der Waals surface area contributed by atoms with Crippen LogP contribution in [0.3, 0.4) is 0 Å². The number of hydrogen-bond donors (Lipinski definition) is 2. The van der Waals surface area contributed by atoms with Crippen LogP contribution in [0.25, 0.3) is 0 Å². The van der Waals surface area contributed by atoms with Crippen LogP contribution in [0, 0.1) is 0 Å². The molecule has 3 N–H and O–H groups in total. The van der Waals surface area contributed by atoms with E-state index in [1.165, 1.54) is 16.7 Å². The van der Waals surface area contributed by atoms with Crippen LogP contribution < -0.4 is 25.3 Å². The number of methoxy groups -OCH3 is 1. The molecule has 0 heterocycles. The van der Waals surface area contributed by atoms with E-state index in [2.05, 4.69) is 29.6 Å². The lowest BCUT2D eigenvalue weighted by atomic mass is 10.1. The van der Waals surface area contributed by atoms with Crippen LogP contribution in [-0.4, -0.2) is 27.0 Å². The van der Waals surface area contributed by atoms with E-state index >= 15 is 0 Å². The molecule has 1 unspecified atom stereocenters. The maximum atomic E-state index is 5.88. The van der Waals surface area contributed by atoms with Crippen LogP contribution in [0.5, 0.6) is 17.2 Å². The molecule has 0 aromatic heterocycles. The fourth-order valence-electron chi connectivity index (χ4n) is 4.28. The van der Waals surface area contributed by atoms with E-state index in [4.69, 9.17) is 19.9 Å². The predicted octanol–water partition coefficient (Wildman–Crippen LogP) is 4.43. The van der Waals surface area contributed by atoms with Crippen molar-refractivity contribution in [3.05, 3.63) is 89.0 Å². The number of benzene rings is 3. The van der Waals surface area contributed by atoms with Crippen molar-refractivity contribution in [2.45, 2.75) is 31.7 Å². The molecule has 0 saturated carbocycles. The number of ether oxygens (including phenoxy) is 3. The molecule has 0 amide bonds. The summed E-state index contributed by atoms with van der Waals surface area (Å²) in [6, 6.07) is 23.0. The van der Waals surface area contributed by atoms with Crippen molar-refractivity contribution in [1.29, 1.82) is 0 Å². The number of aryl methyl sites for hydroxylation is 1. The predicted molar refractivity (Wildman–Crippen MR) is 128 cm³/mol. The van der Waals surface area contributed by atoms with Crippen LogP contribution >= 0.6 is 0 Å². The molecule has 1 aliphatic rings. The molecule has 0 saturated heterocycles. The first kappa shape index (κ1) is 22.2. The molecule has 32 heavy (non-hydrogen) atoms. The number of hydrogen-bond acceptors (Lipinski definition) is 5. The van der Waals surface area contributed by atoms with Gasteiger partial charge in [-0.05, 0) is 91.4 Å². The van der Waals surface area contributed by atoms with Gasteiger partial charge >= 0.3 is 0 Å². The molecular formula is C27H32N2O3. The van der Waals surface area contributed by atoms with E-state index in [1.54, 1.807) is 7.11 Å². The van der Waals surface area contributed by atoms with Gasteiger partial charge in [-0.1, -0.05) is 36.4 Å². The van der Waals surface area contributed by atoms with Gasteiger partial charge in [-0.25, -0.2) is 0 Å². The van der Waals surface area contributed by atoms with Crippen molar-refractivity contribution >= 4 is 0 Å². The minimum Gasteiger partial charge on any atom is -0.497 e. The summed E-state index contributed by atoms with van der Waals surface area (Å²) in [6.45, 7) is 1.72. The molecule has 3 aromatic carbocycles. The third kappa shape index (κ3) is 5.61. The Labute approximate surface area is 190 Å². The molecule has 4 rings (SSSR count). The number of fused-ring (bicyclic) bond motifs is 1. The number of nitrogens with one attached hydrogen (secondary N) is 1. The third-order valence-electron chi connectivity index (χ3n) is 5.96. The Morgan fingerprint density at radius 2 is 1.84 bits per heavy atom. The summed E-state index contributed by atoms with van der Waals surface area (Å²) in [5.74, 6) is 2.59. The van der Waals surface area contributed by atoms with Gasteiger partial charge in [0.05, 0.1) is 7.11 Å². The van der Waals surface area contributed by atoms with Gasteiger partial charge in [-0.3, -0.25) is 0 Å². The molecule has 0 radical (unpaired) electrons. The van der Waals surface area contributed by atoms with Gasteiger partial charge in [0, 0.05) is 6.04 Å². The quantitative estimate of drug-likeness (QED) is 0.439. The SMILES string of the molecule is COc1cccc(CCNC2CCc3cc(OCOc4ccccc4CCN)ccc32)c1. The Hall–Kier alpha value is -3.02. The van der Waals surface area contributed by atoms with Gasteiger partial charge in [0.2, 0.25) is 6.79 Å².